The van der Waals surface area contributed by atoms with E-state index in [1.54, 1.807) is 19.4 Å². The zero-order valence-corrected chi connectivity index (χ0v) is 21.1. The van der Waals surface area contributed by atoms with Crippen molar-refractivity contribution in [1.82, 2.24) is 24.8 Å². The fourth-order valence-electron chi connectivity index (χ4n) is 6.52. The second-order valence-corrected chi connectivity index (χ2v) is 12.2. The van der Waals surface area contributed by atoms with Gasteiger partial charge in [0.2, 0.25) is 11.7 Å². The number of aliphatic hydroxyl groups is 2. The highest BCUT2D eigenvalue weighted by molar-refractivity contribution is 7.16. The van der Waals surface area contributed by atoms with Crippen LogP contribution in [0.4, 0.5) is 5.82 Å². The Labute approximate surface area is 216 Å². The normalized spacial score (nSPS) is 33.8. The fraction of sp³-hybridized carbons (Fsp3) is 0.520. The number of thiophene rings is 1. The maximum Gasteiger partial charge on any atom is 0.229 e. The van der Waals surface area contributed by atoms with Gasteiger partial charge in [0.15, 0.2) is 17.0 Å². The Kier molecular flexibility index (Phi) is 4.78. The molecule has 4 saturated carbocycles. The lowest BCUT2D eigenvalue weighted by atomic mass is 9.85. The minimum absolute atomic E-state index is 0.0687. The molecule has 1 amide bonds. The molecule has 36 heavy (non-hydrogen) atoms. The van der Waals surface area contributed by atoms with Crippen molar-refractivity contribution in [3.05, 3.63) is 33.5 Å². The van der Waals surface area contributed by atoms with Crippen molar-refractivity contribution in [2.45, 2.75) is 43.4 Å². The number of carbonyl (C=O) groups excluding carboxylic acids is 1. The summed E-state index contributed by atoms with van der Waals surface area (Å²) in [5.41, 5.74) is -1.10. The first kappa shape index (κ1) is 22.5. The summed E-state index contributed by atoms with van der Waals surface area (Å²) < 4.78 is 2.50. The Morgan fingerprint density at radius 1 is 1.33 bits per heavy atom. The van der Waals surface area contributed by atoms with Gasteiger partial charge in [-0.3, -0.25) is 4.79 Å². The van der Waals surface area contributed by atoms with Crippen molar-refractivity contribution in [3.63, 3.8) is 0 Å². The number of carbonyl (C=O) groups is 1. The molecule has 0 aromatic carbocycles. The molecule has 4 aliphatic carbocycles. The largest absolute Gasteiger partial charge is 0.389 e. The average Bonchev–Trinajstić information content (AvgIpc) is 3.54. The van der Waals surface area contributed by atoms with Gasteiger partial charge in [0.1, 0.15) is 5.60 Å². The molecular weight excluding hydrogens is 500 g/mol. The van der Waals surface area contributed by atoms with Crippen molar-refractivity contribution in [2.24, 2.45) is 23.2 Å². The third-order valence-corrected chi connectivity index (χ3v) is 9.83. The number of nitrogens with zero attached hydrogens (tertiary/aromatic N) is 4. The van der Waals surface area contributed by atoms with Gasteiger partial charge in [-0.2, -0.15) is 0 Å². The van der Waals surface area contributed by atoms with Crippen LogP contribution < -0.4 is 10.6 Å². The fourth-order valence-corrected chi connectivity index (χ4v) is 7.41. The van der Waals surface area contributed by atoms with Crippen LogP contribution in [0.2, 0.25) is 4.34 Å². The Hall–Kier alpha value is -2.71. The maximum absolute atomic E-state index is 12.5. The number of imidazole rings is 1. The monoisotopic (exact) mass is 524 g/mol. The Balaban J connectivity index is 1.26. The van der Waals surface area contributed by atoms with E-state index in [1.165, 1.54) is 30.6 Å². The molecule has 0 radical (unpaired) electrons. The highest BCUT2D eigenvalue weighted by Gasteiger charge is 2.91. The van der Waals surface area contributed by atoms with Gasteiger partial charge in [-0.1, -0.05) is 18.0 Å². The van der Waals surface area contributed by atoms with E-state index < -0.39 is 23.2 Å². The SMILES string of the molecule is CNC(=O)C12CC1[C@H]1C(n3cnc4c(NCC5CCC5)nc(C#Cc5ccc(Cl)s5)nc43)[C@@]1(O)[C@@H]2O. The molecule has 9 nitrogen and oxygen atoms in total. The number of rotatable bonds is 5. The van der Waals surface area contributed by atoms with Crippen LogP contribution in [0.25, 0.3) is 11.2 Å². The number of anilines is 1. The summed E-state index contributed by atoms with van der Waals surface area (Å²) >= 11 is 7.43. The number of hydrogen-bond acceptors (Lipinski definition) is 8. The Morgan fingerprint density at radius 3 is 2.81 bits per heavy atom. The molecule has 11 heteroatoms. The van der Waals surface area contributed by atoms with Gasteiger partial charge >= 0.3 is 0 Å². The summed E-state index contributed by atoms with van der Waals surface area (Å²) in [4.78, 5) is 27.3. The molecule has 6 atom stereocenters. The summed E-state index contributed by atoms with van der Waals surface area (Å²) in [6.45, 7) is 0.803. The molecule has 4 fully saturated rings. The number of fused-ring (bicyclic) bond motifs is 4. The van der Waals surface area contributed by atoms with E-state index in [2.05, 4.69) is 32.4 Å². The molecule has 0 spiro atoms. The molecule has 7 rings (SSSR count). The first-order chi connectivity index (χ1) is 17.4. The summed E-state index contributed by atoms with van der Waals surface area (Å²) in [5, 5.41) is 28.6. The van der Waals surface area contributed by atoms with E-state index in [4.69, 9.17) is 16.6 Å². The summed E-state index contributed by atoms with van der Waals surface area (Å²) in [6, 6.07) is 3.25. The molecular formula is C25H25ClN6O3S. The van der Waals surface area contributed by atoms with E-state index in [0.29, 0.717) is 39.5 Å². The minimum atomic E-state index is -1.38. The number of aromatic nitrogens is 4. The third-order valence-electron chi connectivity index (χ3n) is 8.68. The number of aliphatic hydroxyl groups excluding tert-OH is 1. The van der Waals surface area contributed by atoms with E-state index in [9.17, 15) is 15.0 Å². The van der Waals surface area contributed by atoms with Crippen LogP contribution >= 0.6 is 22.9 Å². The average molecular weight is 525 g/mol. The molecule has 0 saturated heterocycles. The number of hydrogen-bond donors (Lipinski definition) is 4. The smallest absolute Gasteiger partial charge is 0.229 e. The predicted octanol–water partition coefficient (Wildman–Crippen LogP) is 2.18. The molecule has 186 valence electrons. The van der Waals surface area contributed by atoms with Gasteiger partial charge in [-0.15, -0.1) is 11.3 Å². The molecule has 0 aliphatic heterocycles. The van der Waals surface area contributed by atoms with Gasteiger partial charge in [0.05, 0.1) is 33.1 Å². The van der Waals surface area contributed by atoms with E-state index in [0.717, 1.165) is 11.4 Å². The van der Waals surface area contributed by atoms with Gasteiger partial charge in [-0.25, -0.2) is 15.0 Å². The zero-order valence-electron chi connectivity index (χ0n) is 19.5. The van der Waals surface area contributed by atoms with E-state index in [1.807, 2.05) is 10.6 Å². The van der Waals surface area contributed by atoms with Crippen molar-refractivity contribution in [2.75, 3.05) is 18.9 Å². The van der Waals surface area contributed by atoms with Crippen LogP contribution in [0.3, 0.4) is 0 Å². The van der Waals surface area contributed by atoms with Crippen molar-refractivity contribution >= 4 is 45.8 Å². The highest BCUT2D eigenvalue weighted by atomic mass is 35.5. The molecule has 0 bridgehead atoms. The zero-order chi connectivity index (χ0) is 24.8. The van der Waals surface area contributed by atoms with Crippen molar-refractivity contribution < 1.29 is 15.0 Å². The number of amides is 1. The van der Waals surface area contributed by atoms with Crippen LogP contribution in [0.1, 0.15) is 42.4 Å². The van der Waals surface area contributed by atoms with E-state index >= 15 is 0 Å². The van der Waals surface area contributed by atoms with Gasteiger partial charge in [0.25, 0.3) is 0 Å². The molecule has 3 heterocycles. The number of halogens is 1. The second-order valence-electron chi connectivity index (χ2n) is 10.4. The molecule has 3 aromatic rings. The van der Waals surface area contributed by atoms with Crippen LogP contribution in [0.15, 0.2) is 18.5 Å². The van der Waals surface area contributed by atoms with Crippen LogP contribution in [-0.4, -0.2) is 60.9 Å². The number of nitrogens with one attached hydrogen (secondary N) is 2. The molecule has 3 unspecified atom stereocenters. The molecule has 4 N–H and O–H groups in total. The lowest BCUT2D eigenvalue weighted by Gasteiger charge is -2.25. The standard InChI is InChI=1S/C25H25ClN6O3S/c1-27-23(34)24-9-14(24)17-19(25(17,35)22(24)33)32-11-29-18-20(28-10-12-3-2-4-12)30-16(31-21(18)32)8-6-13-5-7-15(26)36-13/h5,7,11-12,14,17,19,22,33,35H,2-4,9-10H2,1H3,(H,27,34)(H,28,30,31)/t14?,17-,19?,22+,24?,25+/m0/s1. The predicted molar refractivity (Wildman–Crippen MR) is 135 cm³/mol. The lowest BCUT2D eigenvalue weighted by Crippen LogP contribution is -2.45. The van der Waals surface area contributed by atoms with Gasteiger partial charge in [-0.05, 0) is 55.1 Å². The first-order valence-electron chi connectivity index (χ1n) is 12.3. The third kappa shape index (κ3) is 2.97. The Bertz CT molecular complexity index is 1470. The first-order valence-corrected chi connectivity index (χ1v) is 13.5. The Morgan fingerprint density at radius 2 is 2.17 bits per heavy atom. The van der Waals surface area contributed by atoms with Crippen molar-refractivity contribution in [1.29, 1.82) is 0 Å². The van der Waals surface area contributed by atoms with Gasteiger partial charge < -0.3 is 25.4 Å². The summed E-state index contributed by atoms with van der Waals surface area (Å²) in [7, 11) is 1.57. The van der Waals surface area contributed by atoms with Crippen LogP contribution in [-0.2, 0) is 4.79 Å². The van der Waals surface area contributed by atoms with E-state index in [-0.39, 0.29) is 17.7 Å². The van der Waals surface area contributed by atoms with Crippen molar-refractivity contribution in [3.8, 4) is 11.8 Å². The van der Waals surface area contributed by atoms with Crippen LogP contribution in [0.5, 0.6) is 0 Å². The molecule has 3 aromatic heterocycles. The quantitative estimate of drug-likeness (QED) is 0.377. The topological polar surface area (TPSA) is 125 Å². The highest BCUT2D eigenvalue weighted by Crippen LogP contribution is 2.82. The van der Waals surface area contributed by atoms with Crippen LogP contribution in [0, 0.1) is 35.0 Å². The summed E-state index contributed by atoms with van der Waals surface area (Å²) in [6.07, 6.45) is 4.75. The summed E-state index contributed by atoms with van der Waals surface area (Å²) in [5.74, 6) is 7.20. The maximum atomic E-state index is 12.5. The van der Waals surface area contributed by atoms with Gasteiger partial charge in [0, 0.05) is 19.5 Å². The minimum Gasteiger partial charge on any atom is -0.389 e. The second kappa shape index (κ2) is 7.65. The molecule has 4 aliphatic rings. The lowest BCUT2D eigenvalue weighted by molar-refractivity contribution is -0.134.